The Bertz CT molecular complexity index is 324. The molecule has 2 N–H and O–H groups in total. The minimum absolute atomic E-state index is 0.00503. The highest BCUT2D eigenvalue weighted by Crippen LogP contribution is 2.37. The molecular formula is C16H30N2O2. The molecule has 1 saturated carbocycles. The summed E-state index contributed by atoms with van der Waals surface area (Å²) in [5.74, 6) is 0.726. The number of carbonyl (C=O) groups excluding carboxylic acids is 1. The van der Waals surface area contributed by atoms with E-state index in [1.165, 1.54) is 32.1 Å². The largest absolute Gasteiger partial charge is 0.394 e. The highest BCUT2D eigenvalue weighted by molar-refractivity contribution is 5.74. The Morgan fingerprint density at radius 1 is 1.20 bits per heavy atom. The SMILES string of the molecule is CC(C)(CNC(=O)N1CCCC1CO)C1CCCCC1. The molecule has 1 aliphatic heterocycles. The maximum absolute atomic E-state index is 12.2. The van der Waals surface area contributed by atoms with Crippen molar-refractivity contribution in [3.8, 4) is 0 Å². The van der Waals surface area contributed by atoms with Gasteiger partial charge in [0.05, 0.1) is 12.6 Å². The summed E-state index contributed by atoms with van der Waals surface area (Å²) in [6.07, 6.45) is 8.56. The van der Waals surface area contributed by atoms with Crippen LogP contribution in [0.2, 0.25) is 0 Å². The van der Waals surface area contributed by atoms with Crippen molar-refractivity contribution >= 4 is 6.03 Å². The Balaban J connectivity index is 1.82. The molecule has 2 rings (SSSR count). The van der Waals surface area contributed by atoms with Gasteiger partial charge in [-0.3, -0.25) is 0 Å². The standard InChI is InChI=1S/C16H30N2O2/c1-16(2,13-7-4-3-5-8-13)12-17-15(20)18-10-6-9-14(18)11-19/h13-14,19H,3-12H2,1-2H3,(H,17,20). The molecular weight excluding hydrogens is 252 g/mol. The number of aliphatic hydroxyl groups excluding tert-OH is 1. The number of rotatable bonds is 4. The summed E-state index contributed by atoms with van der Waals surface area (Å²) in [5, 5.41) is 12.4. The third-order valence-electron chi connectivity index (χ3n) is 5.25. The number of nitrogens with one attached hydrogen (secondary N) is 1. The van der Waals surface area contributed by atoms with E-state index in [1.54, 1.807) is 4.90 Å². The average molecular weight is 282 g/mol. The van der Waals surface area contributed by atoms with Crippen molar-refractivity contribution in [2.45, 2.75) is 64.8 Å². The first-order valence-electron chi connectivity index (χ1n) is 8.20. The molecule has 0 aromatic heterocycles. The molecule has 0 aromatic carbocycles. The number of urea groups is 1. The van der Waals surface area contributed by atoms with E-state index in [4.69, 9.17) is 0 Å². The zero-order chi connectivity index (χ0) is 14.6. The van der Waals surface area contributed by atoms with Gasteiger partial charge in [0, 0.05) is 13.1 Å². The van der Waals surface area contributed by atoms with E-state index in [2.05, 4.69) is 19.2 Å². The van der Waals surface area contributed by atoms with E-state index >= 15 is 0 Å². The zero-order valence-electron chi connectivity index (χ0n) is 13.0. The Hall–Kier alpha value is -0.770. The molecule has 2 amide bonds. The molecule has 20 heavy (non-hydrogen) atoms. The minimum atomic E-state index is 0.00503. The maximum atomic E-state index is 12.2. The molecule has 0 radical (unpaired) electrons. The van der Waals surface area contributed by atoms with Crippen molar-refractivity contribution < 1.29 is 9.90 Å². The Kier molecular flexibility index (Phi) is 5.30. The lowest BCUT2D eigenvalue weighted by Crippen LogP contribution is -2.48. The highest BCUT2D eigenvalue weighted by Gasteiger charge is 2.33. The minimum Gasteiger partial charge on any atom is -0.394 e. The fourth-order valence-electron chi connectivity index (χ4n) is 3.73. The van der Waals surface area contributed by atoms with Crippen molar-refractivity contribution in [2.75, 3.05) is 19.7 Å². The molecule has 1 atom stereocenters. The van der Waals surface area contributed by atoms with Gasteiger partial charge in [-0.1, -0.05) is 33.1 Å². The number of likely N-dealkylation sites (tertiary alicyclic amines) is 1. The lowest BCUT2D eigenvalue weighted by atomic mass is 9.71. The highest BCUT2D eigenvalue weighted by atomic mass is 16.3. The van der Waals surface area contributed by atoms with Gasteiger partial charge in [0.1, 0.15) is 0 Å². The summed E-state index contributed by atoms with van der Waals surface area (Å²) >= 11 is 0. The lowest BCUT2D eigenvalue weighted by molar-refractivity contribution is 0.135. The van der Waals surface area contributed by atoms with Crippen LogP contribution in [-0.2, 0) is 0 Å². The molecule has 1 unspecified atom stereocenters. The molecule has 4 nitrogen and oxygen atoms in total. The van der Waals surface area contributed by atoms with Crippen molar-refractivity contribution in [2.24, 2.45) is 11.3 Å². The van der Waals surface area contributed by atoms with Gasteiger partial charge in [0.2, 0.25) is 0 Å². The lowest BCUT2D eigenvalue weighted by Gasteiger charge is -2.37. The average Bonchev–Trinajstić information content (AvgIpc) is 2.94. The van der Waals surface area contributed by atoms with Gasteiger partial charge in [-0.05, 0) is 37.0 Å². The third kappa shape index (κ3) is 3.66. The fourth-order valence-corrected chi connectivity index (χ4v) is 3.73. The molecule has 2 fully saturated rings. The second-order valence-electron chi connectivity index (χ2n) is 7.15. The normalized spacial score (nSPS) is 24.9. The molecule has 0 aromatic rings. The van der Waals surface area contributed by atoms with E-state index in [1.807, 2.05) is 0 Å². The van der Waals surface area contributed by atoms with Crippen LogP contribution in [0.25, 0.3) is 0 Å². The number of hydrogen-bond acceptors (Lipinski definition) is 2. The molecule has 4 heteroatoms. The second-order valence-corrected chi connectivity index (χ2v) is 7.15. The summed E-state index contributed by atoms with van der Waals surface area (Å²) in [6, 6.07) is 0.0261. The van der Waals surface area contributed by atoms with Gasteiger partial charge in [0.25, 0.3) is 0 Å². The summed E-state index contributed by atoms with van der Waals surface area (Å²) in [5.41, 5.74) is 0.171. The number of hydrogen-bond donors (Lipinski definition) is 2. The van der Waals surface area contributed by atoms with Gasteiger partial charge in [-0.2, -0.15) is 0 Å². The van der Waals surface area contributed by atoms with Crippen LogP contribution < -0.4 is 5.32 Å². The van der Waals surface area contributed by atoms with Crippen LogP contribution in [-0.4, -0.2) is 41.8 Å². The Labute approximate surface area is 122 Å². The summed E-state index contributed by atoms with van der Waals surface area (Å²) < 4.78 is 0. The third-order valence-corrected chi connectivity index (χ3v) is 5.25. The van der Waals surface area contributed by atoms with Crippen LogP contribution in [0, 0.1) is 11.3 Å². The topological polar surface area (TPSA) is 52.6 Å². The molecule has 2 aliphatic rings. The second kappa shape index (κ2) is 6.79. The van der Waals surface area contributed by atoms with Gasteiger partial charge < -0.3 is 15.3 Å². The van der Waals surface area contributed by atoms with Crippen LogP contribution in [0.3, 0.4) is 0 Å². The zero-order valence-corrected chi connectivity index (χ0v) is 13.0. The monoisotopic (exact) mass is 282 g/mol. The van der Waals surface area contributed by atoms with Crippen LogP contribution in [0.15, 0.2) is 0 Å². The van der Waals surface area contributed by atoms with Crippen molar-refractivity contribution in [3.63, 3.8) is 0 Å². The molecule has 1 saturated heterocycles. The van der Waals surface area contributed by atoms with Gasteiger partial charge in [0.15, 0.2) is 0 Å². The van der Waals surface area contributed by atoms with Crippen molar-refractivity contribution in [1.82, 2.24) is 10.2 Å². The summed E-state index contributed by atoms with van der Waals surface area (Å²) in [7, 11) is 0. The van der Waals surface area contributed by atoms with Crippen molar-refractivity contribution in [3.05, 3.63) is 0 Å². The van der Waals surface area contributed by atoms with E-state index < -0.39 is 0 Å². The number of aliphatic hydroxyl groups is 1. The van der Waals surface area contributed by atoms with Gasteiger partial charge in [-0.25, -0.2) is 4.79 Å². The van der Waals surface area contributed by atoms with Crippen LogP contribution in [0.5, 0.6) is 0 Å². The smallest absolute Gasteiger partial charge is 0.317 e. The van der Waals surface area contributed by atoms with Crippen LogP contribution >= 0.6 is 0 Å². The van der Waals surface area contributed by atoms with E-state index in [0.29, 0.717) is 0 Å². The van der Waals surface area contributed by atoms with Gasteiger partial charge in [-0.15, -0.1) is 0 Å². The molecule has 0 spiro atoms. The fraction of sp³-hybridized carbons (Fsp3) is 0.938. The van der Waals surface area contributed by atoms with E-state index in [-0.39, 0.29) is 24.1 Å². The first-order chi connectivity index (χ1) is 9.54. The number of nitrogens with zero attached hydrogens (tertiary/aromatic N) is 1. The van der Waals surface area contributed by atoms with E-state index in [9.17, 15) is 9.90 Å². The van der Waals surface area contributed by atoms with Crippen LogP contribution in [0.4, 0.5) is 4.79 Å². The first kappa shape index (κ1) is 15.6. The first-order valence-corrected chi connectivity index (χ1v) is 8.20. The maximum Gasteiger partial charge on any atom is 0.317 e. The Morgan fingerprint density at radius 2 is 1.90 bits per heavy atom. The van der Waals surface area contributed by atoms with E-state index in [0.717, 1.165) is 31.8 Å². The number of carbonyl (C=O) groups is 1. The number of amides is 2. The predicted molar refractivity (Wildman–Crippen MR) is 80.6 cm³/mol. The van der Waals surface area contributed by atoms with Crippen LogP contribution in [0.1, 0.15) is 58.8 Å². The Morgan fingerprint density at radius 3 is 2.55 bits per heavy atom. The molecule has 0 bridgehead atoms. The van der Waals surface area contributed by atoms with Crippen molar-refractivity contribution in [1.29, 1.82) is 0 Å². The molecule has 1 heterocycles. The quantitative estimate of drug-likeness (QED) is 0.833. The molecule has 1 aliphatic carbocycles. The predicted octanol–water partition coefficient (Wildman–Crippen LogP) is 2.76. The summed E-state index contributed by atoms with van der Waals surface area (Å²) in [6.45, 7) is 6.15. The molecule has 116 valence electrons. The summed E-state index contributed by atoms with van der Waals surface area (Å²) in [4.78, 5) is 14.1. The van der Waals surface area contributed by atoms with Gasteiger partial charge >= 0.3 is 6.03 Å².